The van der Waals surface area contributed by atoms with Crippen LogP contribution in [0.25, 0.3) is 0 Å². The molecule has 1 heterocycles. The van der Waals surface area contributed by atoms with E-state index in [1.807, 2.05) is 6.92 Å². The molecule has 14 heavy (non-hydrogen) atoms. The number of fused-ring (bicyclic) bond motifs is 1. The van der Waals surface area contributed by atoms with Gasteiger partial charge in [0.2, 0.25) is 5.91 Å². The van der Waals surface area contributed by atoms with E-state index in [4.69, 9.17) is 0 Å². The second-order valence-corrected chi connectivity index (χ2v) is 3.76. The number of rotatable bonds is 3. The number of carbonyl (C=O) groups excluding carboxylic acids is 1. The molecular weight excluding hydrogens is 178 g/mol. The van der Waals surface area contributed by atoms with Crippen LogP contribution >= 0.6 is 0 Å². The summed E-state index contributed by atoms with van der Waals surface area (Å²) in [6.07, 6.45) is 4.31. The van der Waals surface area contributed by atoms with Crippen molar-refractivity contribution in [1.29, 1.82) is 0 Å². The second kappa shape index (κ2) is 3.82. The summed E-state index contributed by atoms with van der Waals surface area (Å²) in [6, 6.07) is 0. The van der Waals surface area contributed by atoms with Gasteiger partial charge in [0.05, 0.1) is 12.0 Å². The van der Waals surface area contributed by atoms with Gasteiger partial charge in [-0.3, -0.25) is 4.79 Å². The number of amides is 1. The second-order valence-electron chi connectivity index (χ2n) is 3.76. The van der Waals surface area contributed by atoms with Gasteiger partial charge in [0, 0.05) is 18.7 Å². The van der Waals surface area contributed by atoms with E-state index in [0.29, 0.717) is 12.3 Å². The van der Waals surface area contributed by atoms with Crippen LogP contribution in [0.15, 0.2) is 6.33 Å². The Morgan fingerprint density at radius 3 is 3.29 bits per heavy atom. The van der Waals surface area contributed by atoms with Crippen LogP contribution in [0.3, 0.4) is 0 Å². The quantitative estimate of drug-likeness (QED) is 0.740. The number of H-pyrrole nitrogens is 1. The van der Waals surface area contributed by atoms with Crippen molar-refractivity contribution in [3.8, 4) is 0 Å². The summed E-state index contributed by atoms with van der Waals surface area (Å²) in [6.45, 7) is 2.64. The minimum absolute atomic E-state index is 0.133. The number of aromatic amines is 1. The fourth-order valence-corrected chi connectivity index (χ4v) is 1.86. The third-order valence-corrected chi connectivity index (χ3v) is 2.69. The van der Waals surface area contributed by atoms with Crippen molar-refractivity contribution in [2.24, 2.45) is 5.92 Å². The van der Waals surface area contributed by atoms with Crippen molar-refractivity contribution < 1.29 is 4.79 Å². The van der Waals surface area contributed by atoms with Crippen molar-refractivity contribution >= 4 is 5.91 Å². The van der Waals surface area contributed by atoms with Crippen molar-refractivity contribution in [2.75, 3.05) is 6.54 Å². The van der Waals surface area contributed by atoms with Crippen LogP contribution in [-0.4, -0.2) is 22.4 Å². The zero-order valence-corrected chi connectivity index (χ0v) is 8.34. The minimum atomic E-state index is 0.133. The molecule has 1 unspecified atom stereocenters. The summed E-state index contributed by atoms with van der Waals surface area (Å²) < 4.78 is 0. The summed E-state index contributed by atoms with van der Waals surface area (Å²) in [4.78, 5) is 18.4. The van der Waals surface area contributed by atoms with Gasteiger partial charge in [0.25, 0.3) is 0 Å². The molecule has 1 aromatic heterocycles. The molecule has 0 bridgehead atoms. The number of hydrogen-bond donors (Lipinski definition) is 2. The first-order chi connectivity index (χ1) is 6.79. The van der Waals surface area contributed by atoms with E-state index in [9.17, 15) is 4.79 Å². The zero-order valence-electron chi connectivity index (χ0n) is 8.34. The Bertz CT molecular complexity index is 311. The lowest BCUT2D eigenvalue weighted by molar-refractivity contribution is -0.120. The number of nitrogens with one attached hydrogen (secondary N) is 2. The van der Waals surface area contributed by atoms with E-state index >= 15 is 0 Å². The molecule has 1 aromatic rings. The molecule has 0 saturated heterocycles. The summed E-state index contributed by atoms with van der Waals surface area (Å²) in [7, 11) is 0. The fraction of sp³-hybridized carbons (Fsp3) is 0.600. The van der Waals surface area contributed by atoms with E-state index in [-0.39, 0.29) is 5.91 Å². The average Bonchev–Trinajstić information content (AvgIpc) is 2.73. The molecule has 0 aliphatic heterocycles. The Kier molecular flexibility index (Phi) is 2.52. The number of aromatic nitrogens is 2. The molecule has 0 saturated carbocycles. The zero-order chi connectivity index (χ0) is 9.97. The molecule has 0 aromatic carbocycles. The van der Waals surface area contributed by atoms with Gasteiger partial charge < -0.3 is 10.3 Å². The first-order valence-corrected chi connectivity index (χ1v) is 5.07. The largest absolute Gasteiger partial charge is 0.356 e. The molecule has 0 radical (unpaired) electrons. The molecule has 1 amide bonds. The van der Waals surface area contributed by atoms with E-state index in [1.165, 1.54) is 11.4 Å². The minimum Gasteiger partial charge on any atom is -0.356 e. The van der Waals surface area contributed by atoms with Crippen molar-refractivity contribution in [3.05, 3.63) is 17.7 Å². The highest BCUT2D eigenvalue weighted by Crippen LogP contribution is 2.22. The highest BCUT2D eigenvalue weighted by molar-refractivity contribution is 5.75. The lowest BCUT2D eigenvalue weighted by Crippen LogP contribution is -2.28. The van der Waals surface area contributed by atoms with Gasteiger partial charge in [-0.1, -0.05) is 6.92 Å². The first kappa shape index (κ1) is 9.24. The lowest BCUT2D eigenvalue weighted by atomic mass is 10.1. The van der Waals surface area contributed by atoms with Crippen LogP contribution in [0.5, 0.6) is 0 Å². The molecule has 4 nitrogen and oxygen atoms in total. The Balaban J connectivity index is 1.81. The van der Waals surface area contributed by atoms with E-state index < -0.39 is 0 Å². The van der Waals surface area contributed by atoms with Crippen LogP contribution < -0.4 is 5.32 Å². The molecule has 0 fully saturated rings. The SMILES string of the molecule is CCC(=O)NCC1Cc2nc[nH]c2C1. The highest BCUT2D eigenvalue weighted by atomic mass is 16.1. The number of hydrogen-bond acceptors (Lipinski definition) is 2. The standard InChI is InChI=1S/C10H15N3O/c1-2-10(14)11-5-7-3-8-9(4-7)13-6-12-8/h6-7H,2-5H2,1H3,(H,11,14)(H,12,13). The first-order valence-electron chi connectivity index (χ1n) is 5.07. The summed E-state index contributed by atoms with van der Waals surface area (Å²) in [5.74, 6) is 0.661. The maximum absolute atomic E-state index is 11.0. The smallest absolute Gasteiger partial charge is 0.219 e. The molecule has 4 heteroatoms. The predicted molar refractivity (Wildman–Crippen MR) is 52.8 cm³/mol. The van der Waals surface area contributed by atoms with Crippen LogP contribution in [-0.2, 0) is 17.6 Å². The normalized spacial score (nSPS) is 15.5. The number of imidazole rings is 1. The van der Waals surface area contributed by atoms with Crippen molar-refractivity contribution in [3.63, 3.8) is 0 Å². The lowest BCUT2D eigenvalue weighted by Gasteiger charge is -2.09. The van der Waals surface area contributed by atoms with Gasteiger partial charge in [-0.15, -0.1) is 0 Å². The predicted octanol–water partition coefficient (Wildman–Crippen LogP) is 0.651. The van der Waals surface area contributed by atoms with E-state index in [2.05, 4.69) is 15.3 Å². The summed E-state index contributed by atoms with van der Waals surface area (Å²) in [5.41, 5.74) is 2.40. The molecule has 2 rings (SSSR count). The van der Waals surface area contributed by atoms with Crippen LogP contribution in [0.1, 0.15) is 24.7 Å². The van der Waals surface area contributed by atoms with Gasteiger partial charge in [-0.2, -0.15) is 0 Å². The topological polar surface area (TPSA) is 57.8 Å². The molecule has 0 spiro atoms. The van der Waals surface area contributed by atoms with Crippen molar-refractivity contribution in [2.45, 2.75) is 26.2 Å². The van der Waals surface area contributed by atoms with E-state index in [1.54, 1.807) is 6.33 Å². The monoisotopic (exact) mass is 193 g/mol. The summed E-state index contributed by atoms with van der Waals surface area (Å²) in [5, 5.41) is 2.92. The Morgan fingerprint density at radius 2 is 2.57 bits per heavy atom. The van der Waals surface area contributed by atoms with Gasteiger partial charge in [-0.05, 0) is 18.8 Å². The number of nitrogens with zero attached hydrogens (tertiary/aromatic N) is 1. The summed E-state index contributed by atoms with van der Waals surface area (Å²) >= 11 is 0. The molecule has 76 valence electrons. The number of carbonyl (C=O) groups is 1. The molecule has 1 aliphatic carbocycles. The van der Waals surface area contributed by atoms with Crippen LogP contribution in [0.4, 0.5) is 0 Å². The molecular formula is C10H15N3O. The van der Waals surface area contributed by atoms with E-state index in [0.717, 1.165) is 19.4 Å². The third kappa shape index (κ3) is 1.78. The Labute approximate surface area is 83.1 Å². The third-order valence-electron chi connectivity index (χ3n) is 2.69. The van der Waals surface area contributed by atoms with Crippen molar-refractivity contribution in [1.82, 2.24) is 15.3 Å². The maximum atomic E-state index is 11.0. The average molecular weight is 193 g/mol. The molecule has 2 N–H and O–H groups in total. The molecule has 1 atom stereocenters. The van der Waals surface area contributed by atoms with Crippen LogP contribution in [0.2, 0.25) is 0 Å². The van der Waals surface area contributed by atoms with Gasteiger partial charge in [-0.25, -0.2) is 4.98 Å². The molecule has 1 aliphatic rings. The van der Waals surface area contributed by atoms with Gasteiger partial charge >= 0.3 is 0 Å². The maximum Gasteiger partial charge on any atom is 0.219 e. The van der Waals surface area contributed by atoms with Gasteiger partial charge in [0.15, 0.2) is 0 Å². The fourth-order valence-electron chi connectivity index (χ4n) is 1.86. The van der Waals surface area contributed by atoms with Crippen LogP contribution in [0, 0.1) is 5.92 Å². The van der Waals surface area contributed by atoms with Gasteiger partial charge in [0.1, 0.15) is 0 Å². The highest BCUT2D eigenvalue weighted by Gasteiger charge is 2.23. The Hall–Kier alpha value is -1.32. The Morgan fingerprint density at radius 1 is 1.71 bits per heavy atom.